The molecule has 0 bridgehead atoms. The van der Waals surface area contributed by atoms with Gasteiger partial charge in [0.1, 0.15) is 6.17 Å². The predicted molar refractivity (Wildman–Crippen MR) is 127 cm³/mol. The highest BCUT2D eigenvalue weighted by Gasteiger charge is 2.31. The SMILES string of the molecule is CSc1ccc(NC(C)N(c2ccc([N+](=O)[O-])cc2)S(=O)(=O)c2cccc([N+](=O)[O-])c2)cc1. The van der Waals surface area contributed by atoms with Crippen LogP contribution in [0.5, 0.6) is 0 Å². The number of hydrogen-bond acceptors (Lipinski definition) is 8. The molecule has 0 spiro atoms. The lowest BCUT2D eigenvalue weighted by atomic mass is 10.2. The fourth-order valence-electron chi connectivity index (χ4n) is 3.15. The van der Waals surface area contributed by atoms with E-state index in [1.54, 1.807) is 30.8 Å². The second-order valence-electron chi connectivity index (χ2n) is 6.88. The number of non-ortho nitro benzene ring substituents is 2. The predicted octanol–water partition coefficient (Wildman–Crippen LogP) is 4.88. The van der Waals surface area contributed by atoms with E-state index in [0.717, 1.165) is 15.3 Å². The van der Waals surface area contributed by atoms with E-state index in [2.05, 4.69) is 5.32 Å². The summed E-state index contributed by atoms with van der Waals surface area (Å²) >= 11 is 1.56. The summed E-state index contributed by atoms with van der Waals surface area (Å²) in [5.41, 5.74) is 0.252. The van der Waals surface area contributed by atoms with E-state index in [1.165, 1.54) is 42.5 Å². The summed E-state index contributed by atoms with van der Waals surface area (Å²) < 4.78 is 28.2. The van der Waals surface area contributed by atoms with Crippen LogP contribution in [-0.4, -0.2) is 30.7 Å². The molecule has 1 atom stereocenters. The molecule has 10 nitrogen and oxygen atoms in total. The van der Waals surface area contributed by atoms with Crippen molar-refractivity contribution >= 4 is 44.5 Å². The summed E-state index contributed by atoms with van der Waals surface area (Å²) in [5, 5.41) is 25.3. The van der Waals surface area contributed by atoms with Gasteiger partial charge in [0.05, 0.1) is 20.4 Å². The van der Waals surface area contributed by atoms with Crippen molar-refractivity contribution in [1.29, 1.82) is 0 Å². The number of thioether (sulfide) groups is 1. The molecule has 0 heterocycles. The smallest absolute Gasteiger partial charge is 0.270 e. The number of nitro benzene ring substituents is 2. The van der Waals surface area contributed by atoms with E-state index < -0.39 is 26.0 Å². The third kappa shape index (κ3) is 5.41. The summed E-state index contributed by atoms with van der Waals surface area (Å²) in [5.74, 6) is 0. The summed E-state index contributed by atoms with van der Waals surface area (Å²) in [7, 11) is -4.28. The molecule has 3 aromatic carbocycles. The van der Waals surface area contributed by atoms with Gasteiger partial charge in [-0.15, -0.1) is 11.8 Å². The van der Waals surface area contributed by atoms with Gasteiger partial charge in [-0.25, -0.2) is 12.7 Å². The molecule has 12 heteroatoms. The number of rotatable bonds is 9. The molecular formula is C21H20N4O6S2. The molecule has 0 aliphatic rings. The van der Waals surface area contributed by atoms with E-state index in [4.69, 9.17) is 0 Å². The van der Waals surface area contributed by atoms with Crippen molar-refractivity contribution in [3.63, 3.8) is 0 Å². The van der Waals surface area contributed by atoms with Crippen LogP contribution in [-0.2, 0) is 10.0 Å². The van der Waals surface area contributed by atoms with Crippen LogP contribution in [0.4, 0.5) is 22.7 Å². The lowest BCUT2D eigenvalue weighted by molar-refractivity contribution is -0.385. The highest BCUT2D eigenvalue weighted by molar-refractivity contribution is 7.98. The molecule has 0 saturated carbocycles. The van der Waals surface area contributed by atoms with Crippen LogP contribution >= 0.6 is 11.8 Å². The zero-order valence-electron chi connectivity index (χ0n) is 17.6. The Hall–Kier alpha value is -3.64. The molecule has 0 saturated heterocycles. The molecule has 0 aromatic heterocycles. The summed E-state index contributed by atoms with van der Waals surface area (Å²) in [4.78, 5) is 21.7. The van der Waals surface area contributed by atoms with Gasteiger partial charge >= 0.3 is 0 Å². The van der Waals surface area contributed by atoms with Crippen LogP contribution in [0, 0.1) is 20.2 Å². The molecule has 1 unspecified atom stereocenters. The first-order chi connectivity index (χ1) is 15.6. The Balaban J connectivity index is 2.06. The molecule has 0 fully saturated rings. The lowest BCUT2D eigenvalue weighted by Gasteiger charge is -2.31. The van der Waals surface area contributed by atoms with E-state index in [0.29, 0.717) is 5.69 Å². The normalized spacial score (nSPS) is 12.1. The van der Waals surface area contributed by atoms with Crippen molar-refractivity contribution in [1.82, 2.24) is 0 Å². The Morgan fingerprint density at radius 1 is 0.909 bits per heavy atom. The van der Waals surface area contributed by atoms with Gasteiger partial charge in [0, 0.05) is 34.8 Å². The zero-order chi connectivity index (χ0) is 24.2. The second-order valence-corrected chi connectivity index (χ2v) is 9.57. The van der Waals surface area contributed by atoms with Crippen LogP contribution in [0.2, 0.25) is 0 Å². The van der Waals surface area contributed by atoms with Gasteiger partial charge in [-0.05, 0) is 55.6 Å². The van der Waals surface area contributed by atoms with Crippen LogP contribution < -0.4 is 9.62 Å². The molecule has 1 N–H and O–H groups in total. The van der Waals surface area contributed by atoms with E-state index in [1.807, 2.05) is 18.4 Å². The van der Waals surface area contributed by atoms with Gasteiger partial charge in [0.25, 0.3) is 21.4 Å². The summed E-state index contributed by atoms with van der Waals surface area (Å²) in [6.07, 6.45) is 1.10. The lowest BCUT2D eigenvalue weighted by Crippen LogP contribution is -2.43. The van der Waals surface area contributed by atoms with Crippen molar-refractivity contribution in [3.05, 3.63) is 93.0 Å². The Kier molecular flexibility index (Phi) is 7.19. The zero-order valence-corrected chi connectivity index (χ0v) is 19.2. The number of benzene rings is 3. The van der Waals surface area contributed by atoms with Crippen molar-refractivity contribution in [3.8, 4) is 0 Å². The van der Waals surface area contributed by atoms with Crippen molar-refractivity contribution in [2.75, 3.05) is 15.9 Å². The van der Waals surface area contributed by atoms with Gasteiger partial charge in [0.15, 0.2) is 0 Å². The van der Waals surface area contributed by atoms with E-state index >= 15 is 0 Å². The van der Waals surface area contributed by atoms with Crippen molar-refractivity contribution in [2.24, 2.45) is 0 Å². The molecular weight excluding hydrogens is 468 g/mol. The minimum atomic E-state index is -4.28. The topological polar surface area (TPSA) is 136 Å². The van der Waals surface area contributed by atoms with Gasteiger partial charge in [-0.2, -0.15) is 0 Å². The first-order valence-corrected chi connectivity index (χ1v) is 12.2. The maximum atomic E-state index is 13.6. The number of hydrogen-bond donors (Lipinski definition) is 1. The van der Waals surface area contributed by atoms with E-state index in [-0.39, 0.29) is 22.0 Å². The number of sulfonamides is 1. The van der Waals surface area contributed by atoms with Crippen molar-refractivity contribution < 1.29 is 18.3 Å². The van der Waals surface area contributed by atoms with Crippen LogP contribution in [0.25, 0.3) is 0 Å². The standard InChI is InChI=1S/C21H20N4O6S2/c1-15(22-16-6-12-20(32-2)13-7-16)23(17-8-10-18(11-9-17)24(26)27)33(30,31)21-5-3-4-19(14-21)25(28)29/h3-15,22H,1-2H3. The minimum absolute atomic E-state index is 0.160. The second kappa shape index (κ2) is 9.88. The third-order valence-electron chi connectivity index (χ3n) is 4.72. The van der Waals surface area contributed by atoms with Crippen LogP contribution in [0.15, 0.2) is 82.6 Å². The maximum Gasteiger partial charge on any atom is 0.270 e. The number of nitrogens with zero attached hydrogens (tertiary/aromatic N) is 3. The van der Waals surface area contributed by atoms with Gasteiger partial charge in [-0.1, -0.05) is 6.07 Å². The third-order valence-corrected chi connectivity index (χ3v) is 7.36. The molecule has 0 aliphatic heterocycles. The number of nitro groups is 2. The fourth-order valence-corrected chi connectivity index (χ4v) is 5.17. The summed E-state index contributed by atoms with van der Waals surface area (Å²) in [6, 6.07) is 17.1. The minimum Gasteiger partial charge on any atom is -0.365 e. The molecule has 3 rings (SSSR count). The Morgan fingerprint density at radius 3 is 2.06 bits per heavy atom. The Morgan fingerprint density at radius 2 is 1.52 bits per heavy atom. The number of nitrogens with one attached hydrogen (secondary N) is 1. The maximum absolute atomic E-state index is 13.6. The molecule has 33 heavy (non-hydrogen) atoms. The van der Waals surface area contributed by atoms with E-state index in [9.17, 15) is 28.6 Å². The fraction of sp³-hybridized carbons (Fsp3) is 0.143. The molecule has 0 amide bonds. The largest absolute Gasteiger partial charge is 0.365 e. The van der Waals surface area contributed by atoms with Crippen LogP contribution in [0.1, 0.15) is 6.92 Å². The summed E-state index contributed by atoms with van der Waals surface area (Å²) in [6.45, 7) is 1.61. The average Bonchev–Trinajstić information content (AvgIpc) is 2.80. The Labute approximate surface area is 194 Å². The van der Waals surface area contributed by atoms with Crippen LogP contribution in [0.3, 0.4) is 0 Å². The van der Waals surface area contributed by atoms with Gasteiger partial charge in [-0.3, -0.25) is 20.2 Å². The first-order valence-electron chi connectivity index (χ1n) is 9.57. The average molecular weight is 489 g/mol. The molecule has 0 radical (unpaired) electrons. The molecule has 3 aromatic rings. The monoisotopic (exact) mass is 488 g/mol. The number of anilines is 2. The highest BCUT2D eigenvalue weighted by atomic mass is 32.2. The first kappa shape index (κ1) is 24.0. The Bertz CT molecular complexity index is 1260. The highest BCUT2D eigenvalue weighted by Crippen LogP contribution is 2.30. The van der Waals surface area contributed by atoms with Gasteiger partial charge < -0.3 is 5.32 Å². The quantitative estimate of drug-likeness (QED) is 0.195. The molecule has 0 aliphatic carbocycles. The van der Waals surface area contributed by atoms with Crippen molar-refractivity contribution in [2.45, 2.75) is 22.9 Å². The van der Waals surface area contributed by atoms with Gasteiger partial charge in [0.2, 0.25) is 0 Å². The molecule has 172 valence electrons.